The van der Waals surface area contributed by atoms with E-state index in [1.54, 1.807) is 0 Å². The Morgan fingerprint density at radius 3 is 1.49 bits per heavy atom. The van der Waals surface area contributed by atoms with Crippen LogP contribution in [0.5, 0.6) is 23.0 Å². The van der Waals surface area contributed by atoms with Crippen LogP contribution in [-0.2, 0) is 0 Å². The summed E-state index contributed by atoms with van der Waals surface area (Å²) in [5, 5.41) is 4.68. The minimum Gasteiger partial charge on any atom is -0.456 e. The Morgan fingerprint density at radius 1 is 0.410 bits per heavy atom. The molecule has 0 saturated heterocycles. The van der Waals surface area contributed by atoms with Gasteiger partial charge in [0.15, 0.2) is 0 Å². The van der Waals surface area contributed by atoms with Crippen molar-refractivity contribution >= 4 is 83.8 Å². The third-order valence-corrected chi connectivity index (χ3v) is 12.6. The lowest BCUT2D eigenvalue weighted by Gasteiger charge is -2.33. The number of ether oxygens (including phenoxy) is 2. The maximum absolute atomic E-state index is 7.19. The molecule has 4 heterocycles. The van der Waals surface area contributed by atoms with Crippen LogP contribution in [0.1, 0.15) is 5.56 Å². The van der Waals surface area contributed by atoms with Crippen molar-refractivity contribution in [1.82, 2.24) is 9.13 Å². The molecule has 9 aromatic carbocycles. The van der Waals surface area contributed by atoms with Gasteiger partial charge < -0.3 is 23.5 Å². The number of anilines is 3. The molecule has 0 aliphatic carbocycles. The van der Waals surface area contributed by atoms with E-state index in [1.165, 1.54) is 16.3 Å². The summed E-state index contributed by atoms with van der Waals surface area (Å²) in [4.78, 5) is 2.33. The van der Waals surface area contributed by atoms with Gasteiger partial charge in [0.05, 0.1) is 22.1 Å². The Morgan fingerprint density at radius 2 is 0.918 bits per heavy atom. The van der Waals surface area contributed by atoms with Crippen LogP contribution in [-0.4, -0.2) is 15.8 Å². The maximum Gasteiger partial charge on any atom is 0.260 e. The van der Waals surface area contributed by atoms with Crippen molar-refractivity contribution in [2.75, 3.05) is 4.90 Å². The van der Waals surface area contributed by atoms with Gasteiger partial charge in [0.1, 0.15) is 23.0 Å². The van der Waals surface area contributed by atoms with Crippen LogP contribution in [0.25, 0.3) is 55.0 Å². The zero-order valence-electron chi connectivity index (χ0n) is 33.3. The number of rotatable bonds is 5. The van der Waals surface area contributed by atoms with E-state index in [2.05, 4.69) is 221 Å². The summed E-state index contributed by atoms with van der Waals surface area (Å²) in [7, 11) is 0. The first-order valence-corrected chi connectivity index (χ1v) is 20.9. The lowest BCUT2D eigenvalue weighted by molar-refractivity contribution is 0.468. The molecule has 0 bridgehead atoms. The average Bonchev–Trinajstić information content (AvgIpc) is 3.83. The molecule has 5 nitrogen and oxygen atoms in total. The Balaban J connectivity index is 1.09. The van der Waals surface area contributed by atoms with E-state index in [1.807, 2.05) is 0 Å². The molecule has 0 amide bonds. The number of nitrogens with zero attached hydrogens (tertiary/aromatic N) is 3. The molecule has 0 unspecified atom stereocenters. The van der Waals surface area contributed by atoms with Gasteiger partial charge in [0.2, 0.25) is 0 Å². The normalized spacial score (nSPS) is 12.6. The van der Waals surface area contributed by atoms with Gasteiger partial charge in [-0.1, -0.05) is 121 Å². The van der Waals surface area contributed by atoms with Crippen LogP contribution in [0.4, 0.5) is 17.1 Å². The quantitative estimate of drug-likeness (QED) is 0.163. The number of fused-ring (bicyclic) bond motifs is 12. The minimum atomic E-state index is -0.124. The van der Waals surface area contributed by atoms with Gasteiger partial charge >= 0.3 is 0 Å². The van der Waals surface area contributed by atoms with Crippen LogP contribution < -0.4 is 30.8 Å². The van der Waals surface area contributed by atoms with E-state index in [9.17, 15) is 0 Å². The largest absolute Gasteiger partial charge is 0.456 e. The number of benzene rings is 9. The lowest BCUT2D eigenvalue weighted by Crippen LogP contribution is -2.57. The monoisotopic (exact) mass is 781 g/mol. The van der Waals surface area contributed by atoms with Crippen molar-refractivity contribution in [3.05, 3.63) is 206 Å². The standard InChI is InChI=1S/C55H36BN3O2/c1-35-25-32-47-44(33-35)43-29-31-46-55(53(43)58(47)38-19-10-4-11-20-38)61-50-24-14-23-49-51(50)56(46)45-30-28-42-41-27-26-40(57(36-15-6-2-7-16-36)37-17-8-3-9-18-37)34-48(41)59(52(42)54(45)60-49)39-21-12-5-13-22-39/h2-34H,1H3. The summed E-state index contributed by atoms with van der Waals surface area (Å²) in [5.41, 5.74) is 14.3. The first-order chi connectivity index (χ1) is 30.2. The second-order valence-electron chi connectivity index (χ2n) is 16.1. The Hall–Kier alpha value is -7.96. The van der Waals surface area contributed by atoms with Gasteiger partial charge in [0, 0.05) is 55.4 Å². The molecule has 0 N–H and O–H groups in total. The highest BCUT2D eigenvalue weighted by Crippen LogP contribution is 2.46. The fourth-order valence-electron chi connectivity index (χ4n) is 10.1. The Kier molecular flexibility index (Phi) is 7.25. The van der Waals surface area contributed by atoms with Crippen molar-refractivity contribution in [3.63, 3.8) is 0 Å². The molecule has 0 spiro atoms. The Labute approximate surface area is 353 Å². The Bertz CT molecular complexity index is 3510. The van der Waals surface area contributed by atoms with Crippen molar-refractivity contribution in [1.29, 1.82) is 0 Å². The summed E-state index contributed by atoms with van der Waals surface area (Å²) in [6, 6.07) is 71.5. The lowest BCUT2D eigenvalue weighted by atomic mass is 9.34. The third-order valence-electron chi connectivity index (χ3n) is 12.6. The summed E-state index contributed by atoms with van der Waals surface area (Å²) in [6.45, 7) is 2.04. The SMILES string of the molecule is Cc1ccc2c(c1)c1ccc3c(c1n2-c1ccccc1)Oc1cccc2c1B3c1ccc3c4ccc(N(c5ccccc5)c5ccccc5)cc4n(-c4ccccc4)c3c1O2. The van der Waals surface area contributed by atoms with Gasteiger partial charge in [-0.3, -0.25) is 0 Å². The highest BCUT2D eigenvalue weighted by molar-refractivity contribution is 6.98. The molecule has 0 fully saturated rings. The highest BCUT2D eigenvalue weighted by atomic mass is 16.5. The summed E-state index contributed by atoms with van der Waals surface area (Å²) < 4.78 is 19.1. The highest BCUT2D eigenvalue weighted by Gasteiger charge is 2.42. The zero-order chi connectivity index (χ0) is 40.2. The molecule has 2 aliphatic rings. The first kappa shape index (κ1) is 34.0. The van der Waals surface area contributed by atoms with Crippen molar-refractivity contribution < 1.29 is 9.47 Å². The fourth-order valence-corrected chi connectivity index (χ4v) is 10.1. The van der Waals surface area contributed by atoms with Gasteiger partial charge in [-0.15, -0.1) is 0 Å². The predicted octanol–water partition coefficient (Wildman–Crippen LogP) is 12.4. The molecular formula is C55H36BN3O2. The molecule has 0 atom stereocenters. The average molecular weight is 782 g/mol. The fraction of sp³-hybridized carbons (Fsp3) is 0.0182. The predicted molar refractivity (Wildman–Crippen MR) is 252 cm³/mol. The molecule has 2 aliphatic heterocycles. The van der Waals surface area contributed by atoms with Crippen LogP contribution in [0.2, 0.25) is 0 Å². The maximum atomic E-state index is 7.19. The minimum absolute atomic E-state index is 0.124. The summed E-state index contributed by atoms with van der Waals surface area (Å²) in [6.07, 6.45) is 0. The van der Waals surface area contributed by atoms with Gasteiger partial charge in [-0.2, -0.15) is 0 Å². The van der Waals surface area contributed by atoms with Crippen LogP contribution >= 0.6 is 0 Å². The van der Waals surface area contributed by atoms with E-state index >= 15 is 0 Å². The number of hydrogen-bond donors (Lipinski definition) is 0. The molecule has 286 valence electrons. The van der Waals surface area contributed by atoms with Crippen LogP contribution in [0, 0.1) is 6.92 Å². The van der Waals surface area contributed by atoms with Gasteiger partial charge in [0.25, 0.3) is 6.71 Å². The molecular weight excluding hydrogens is 745 g/mol. The second kappa shape index (κ2) is 13.0. The van der Waals surface area contributed by atoms with Crippen molar-refractivity contribution in [2.45, 2.75) is 6.92 Å². The number of para-hydroxylation sites is 4. The molecule has 6 heteroatoms. The van der Waals surface area contributed by atoms with E-state index in [-0.39, 0.29) is 6.71 Å². The second-order valence-corrected chi connectivity index (χ2v) is 16.1. The van der Waals surface area contributed by atoms with E-state index in [0.717, 1.165) is 101 Å². The van der Waals surface area contributed by atoms with E-state index in [4.69, 9.17) is 9.47 Å². The van der Waals surface area contributed by atoms with Gasteiger partial charge in [-0.25, -0.2) is 0 Å². The third kappa shape index (κ3) is 4.96. The molecule has 2 aromatic heterocycles. The number of aryl methyl sites for hydroxylation is 1. The first-order valence-electron chi connectivity index (χ1n) is 20.9. The van der Waals surface area contributed by atoms with Crippen LogP contribution in [0.15, 0.2) is 200 Å². The van der Waals surface area contributed by atoms with Gasteiger partial charge in [-0.05, 0) is 103 Å². The van der Waals surface area contributed by atoms with Crippen LogP contribution in [0.3, 0.4) is 0 Å². The molecule has 11 aromatic rings. The number of hydrogen-bond acceptors (Lipinski definition) is 3. The molecule has 13 rings (SSSR count). The van der Waals surface area contributed by atoms with E-state index < -0.39 is 0 Å². The van der Waals surface area contributed by atoms with Crippen molar-refractivity contribution in [2.24, 2.45) is 0 Å². The summed E-state index contributed by atoms with van der Waals surface area (Å²) >= 11 is 0. The molecule has 0 saturated carbocycles. The smallest absolute Gasteiger partial charge is 0.260 e. The number of aromatic nitrogens is 2. The molecule has 61 heavy (non-hydrogen) atoms. The summed E-state index contributed by atoms with van der Waals surface area (Å²) in [5.74, 6) is 3.39. The zero-order valence-corrected chi connectivity index (χ0v) is 33.3. The topological polar surface area (TPSA) is 31.6 Å². The molecule has 0 radical (unpaired) electrons. The van der Waals surface area contributed by atoms with E-state index in [0.29, 0.717) is 0 Å². The van der Waals surface area contributed by atoms with Crippen molar-refractivity contribution in [3.8, 4) is 34.4 Å².